The first-order valence-electron chi connectivity index (χ1n) is 8.00. The summed E-state index contributed by atoms with van der Waals surface area (Å²) in [6.07, 6.45) is 1.40. The molecule has 0 atom stereocenters. The Balaban J connectivity index is 1.56. The normalized spacial score (nSPS) is 10.3. The highest BCUT2D eigenvalue weighted by Crippen LogP contribution is 2.27. The van der Waals surface area contributed by atoms with Crippen molar-refractivity contribution in [1.82, 2.24) is 0 Å². The molecule has 3 rings (SSSR count). The van der Waals surface area contributed by atoms with Crippen LogP contribution < -0.4 is 10.6 Å². The lowest BCUT2D eigenvalue weighted by atomic mass is 10.3. The number of hydrogen-bond donors (Lipinski definition) is 2. The summed E-state index contributed by atoms with van der Waals surface area (Å²) in [4.78, 5) is 36.4. The van der Waals surface area contributed by atoms with Crippen molar-refractivity contribution in [2.45, 2.75) is 6.92 Å². The van der Waals surface area contributed by atoms with Gasteiger partial charge in [-0.2, -0.15) is 0 Å². The van der Waals surface area contributed by atoms with E-state index < -0.39 is 24.4 Å². The third-order valence-corrected chi connectivity index (χ3v) is 4.61. The summed E-state index contributed by atoms with van der Waals surface area (Å²) in [5, 5.41) is 5.77. The number of anilines is 2. The lowest BCUT2D eigenvalue weighted by Gasteiger charge is -2.06. The van der Waals surface area contributed by atoms with E-state index in [0.29, 0.717) is 21.1 Å². The maximum atomic E-state index is 12.2. The Labute approximate surface area is 159 Å². The number of carbonyl (C=O) groups is 3. The van der Waals surface area contributed by atoms with Crippen molar-refractivity contribution in [2.75, 3.05) is 17.2 Å². The number of furan rings is 1. The molecule has 3 aromatic rings. The van der Waals surface area contributed by atoms with Crippen molar-refractivity contribution in [3.8, 4) is 0 Å². The first kappa shape index (κ1) is 18.4. The molecule has 27 heavy (non-hydrogen) atoms. The standard InChI is InChI=1S/C19H16N2O5S/c1-12-10-16(21-18(23)14-8-5-9-25-14)27-17(12)19(24)26-11-15(22)20-13-6-3-2-4-7-13/h2-10H,11H2,1H3,(H,20,22)(H,21,23). The number of para-hydroxylation sites is 1. The predicted octanol–water partition coefficient (Wildman–Crippen LogP) is 3.70. The lowest BCUT2D eigenvalue weighted by Crippen LogP contribution is -2.20. The average Bonchev–Trinajstić information content (AvgIpc) is 3.30. The van der Waals surface area contributed by atoms with Crippen molar-refractivity contribution in [1.29, 1.82) is 0 Å². The zero-order chi connectivity index (χ0) is 19.2. The number of amides is 2. The fraction of sp³-hybridized carbons (Fsp3) is 0.105. The van der Waals surface area contributed by atoms with Gasteiger partial charge in [-0.25, -0.2) is 4.79 Å². The monoisotopic (exact) mass is 384 g/mol. The van der Waals surface area contributed by atoms with Gasteiger partial charge in [-0.1, -0.05) is 18.2 Å². The smallest absolute Gasteiger partial charge is 0.349 e. The highest BCUT2D eigenvalue weighted by molar-refractivity contribution is 7.18. The number of nitrogens with one attached hydrogen (secondary N) is 2. The molecule has 2 heterocycles. The van der Waals surface area contributed by atoms with Crippen molar-refractivity contribution in [3.05, 3.63) is 71.0 Å². The van der Waals surface area contributed by atoms with Crippen LogP contribution in [0.2, 0.25) is 0 Å². The fourth-order valence-electron chi connectivity index (χ4n) is 2.24. The van der Waals surface area contributed by atoms with Crippen LogP contribution in [0.1, 0.15) is 25.8 Å². The molecule has 2 aromatic heterocycles. The summed E-state index contributed by atoms with van der Waals surface area (Å²) in [5.41, 5.74) is 1.26. The minimum atomic E-state index is -0.626. The highest BCUT2D eigenvalue weighted by atomic mass is 32.1. The summed E-state index contributed by atoms with van der Waals surface area (Å²) in [6.45, 7) is 1.32. The van der Waals surface area contributed by atoms with E-state index in [0.717, 1.165) is 11.3 Å². The summed E-state index contributed by atoms with van der Waals surface area (Å²) in [5.74, 6) is -1.31. The predicted molar refractivity (Wildman–Crippen MR) is 101 cm³/mol. The van der Waals surface area contributed by atoms with Crippen molar-refractivity contribution in [3.63, 3.8) is 0 Å². The third kappa shape index (κ3) is 4.83. The summed E-state index contributed by atoms with van der Waals surface area (Å²) in [6, 6.07) is 13.7. The Hall–Kier alpha value is -3.39. The van der Waals surface area contributed by atoms with Gasteiger partial charge < -0.3 is 19.8 Å². The van der Waals surface area contributed by atoms with Gasteiger partial charge in [0.1, 0.15) is 4.88 Å². The second kappa shape index (κ2) is 8.33. The topological polar surface area (TPSA) is 97.6 Å². The van der Waals surface area contributed by atoms with Crippen LogP contribution in [-0.4, -0.2) is 24.4 Å². The fourth-order valence-corrected chi connectivity index (χ4v) is 3.20. The van der Waals surface area contributed by atoms with Gasteiger partial charge >= 0.3 is 5.97 Å². The second-order valence-electron chi connectivity index (χ2n) is 5.54. The zero-order valence-electron chi connectivity index (χ0n) is 14.4. The van der Waals surface area contributed by atoms with E-state index in [1.807, 2.05) is 6.07 Å². The molecule has 0 aliphatic heterocycles. The molecule has 2 N–H and O–H groups in total. The van der Waals surface area contributed by atoms with Crippen LogP contribution in [-0.2, 0) is 9.53 Å². The van der Waals surface area contributed by atoms with E-state index in [4.69, 9.17) is 9.15 Å². The maximum Gasteiger partial charge on any atom is 0.349 e. The van der Waals surface area contributed by atoms with Gasteiger partial charge in [0.15, 0.2) is 12.4 Å². The molecule has 0 fully saturated rings. The Morgan fingerprint density at radius 2 is 1.85 bits per heavy atom. The Morgan fingerprint density at radius 1 is 1.07 bits per heavy atom. The van der Waals surface area contributed by atoms with Crippen LogP contribution in [0.4, 0.5) is 10.7 Å². The number of benzene rings is 1. The van der Waals surface area contributed by atoms with E-state index in [1.165, 1.54) is 12.3 Å². The number of esters is 1. The third-order valence-electron chi connectivity index (χ3n) is 3.48. The Bertz CT molecular complexity index is 948. The lowest BCUT2D eigenvalue weighted by molar-refractivity contribution is -0.119. The van der Waals surface area contributed by atoms with Crippen molar-refractivity contribution >= 4 is 39.8 Å². The molecular formula is C19H16N2O5S. The first-order valence-corrected chi connectivity index (χ1v) is 8.82. The summed E-state index contributed by atoms with van der Waals surface area (Å²) >= 11 is 1.07. The highest BCUT2D eigenvalue weighted by Gasteiger charge is 2.18. The molecule has 0 saturated heterocycles. The average molecular weight is 384 g/mol. The van der Waals surface area contributed by atoms with Gasteiger partial charge in [-0.3, -0.25) is 9.59 Å². The van der Waals surface area contributed by atoms with E-state index in [2.05, 4.69) is 10.6 Å². The van der Waals surface area contributed by atoms with Crippen LogP contribution in [0.25, 0.3) is 0 Å². The molecule has 0 aliphatic rings. The van der Waals surface area contributed by atoms with Crippen molar-refractivity contribution < 1.29 is 23.5 Å². The molecule has 1 aromatic carbocycles. The molecule has 0 radical (unpaired) electrons. The molecule has 7 nitrogen and oxygen atoms in total. The number of aryl methyl sites for hydroxylation is 1. The Kier molecular flexibility index (Phi) is 5.68. The molecular weight excluding hydrogens is 368 g/mol. The SMILES string of the molecule is Cc1cc(NC(=O)c2ccco2)sc1C(=O)OCC(=O)Nc1ccccc1. The zero-order valence-corrected chi connectivity index (χ0v) is 15.2. The van der Waals surface area contributed by atoms with Gasteiger partial charge in [0.05, 0.1) is 11.3 Å². The second-order valence-corrected chi connectivity index (χ2v) is 6.60. The number of hydrogen-bond acceptors (Lipinski definition) is 6. The van der Waals surface area contributed by atoms with Gasteiger partial charge in [0, 0.05) is 5.69 Å². The van der Waals surface area contributed by atoms with E-state index >= 15 is 0 Å². The van der Waals surface area contributed by atoms with Crippen LogP contribution in [0, 0.1) is 6.92 Å². The van der Waals surface area contributed by atoms with E-state index in [9.17, 15) is 14.4 Å². The van der Waals surface area contributed by atoms with Gasteiger partial charge in [0.25, 0.3) is 11.8 Å². The quantitative estimate of drug-likeness (QED) is 0.632. The summed E-state index contributed by atoms with van der Waals surface area (Å²) < 4.78 is 10.1. The van der Waals surface area contributed by atoms with Gasteiger partial charge in [-0.15, -0.1) is 11.3 Å². The van der Waals surface area contributed by atoms with Crippen LogP contribution >= 0.6 is 11.3 Å². The van der Waals surface area contributed by atoms with Crippen LogP contribution in [0.5, 0.6) is 0 Å². The van der Waals surface area contributed by atoms with Crippen LogP contribution in [0.3, 0.4) is 0 Å². The van der Waals surface area contributed by atoms with Crippen LogP contribution in [0.15, 0.2) is 59.2 Å². The molecule has 8 heteroatoms. The van der Waals surface area contributed by atoms with Gasteiger partial charge in [0.2, 0.25) is 0 Å². The van der Waals surface area contributed by atoms with Gasteiger partial charge in [-0.05, 0) is 42.8 Å². The largest absolute Gasteiger partial charge is 0.459 e. The molecule has 0 spiro atoms. The Morgan fingerprint density at radius 3 is 2.56 bits per heavy atom. The summed E-state index contributed by atoms with van der Waals surface area (Å²) in [7, 11) is 0. The van der Waals surface area contributed by atoms with E-state index in [1.54, 1.807) is 43.3 Å². The number of thiophene rings is 1. The molecule has 0 saturated carbocycles. The molecule has 0 bridgehead atoms. The minimum absolute atomic E-state index is 0.169. The van der Waals surface area contributed by atoms with E-state index in [-0.39, 0.29) is 5.76 Å². The number of carbonyl (C=O) groups excluding carboxylic acids is 3. The number of ether oxygens (including phenoxy) is 1. The first-order chi connectivity index (χ1) is 13.0. The molecule has 0 unspecified atom stereocenters. The maximum absolute atomic E-state index is 12.2. The van der Waals surface area contributed by atoms with Crippen molar-refractivity contribution in [2.24, 2.45) is 0 Å². The minimum Gasteiger partial charge on any atom is -0.459 e. The molecule has 138 valence electrons. The molecule has 0 aliphatic carbocycles. The molecule has 2 amide bonds. The number of rotatable bonds is 6.